The smallest absolute Gasteiger partial charge is 0.293 e. The van der Waals surface area contributed by atoms with Crippen molar-refractivity contribution in [2.24, 2.45) is 0 Å². The average molecular weight is 440 g/mol. The summed E-state index contributed by atoms with van der Waals surface area (Å²) < 4.78 is 5.14. The Balaban J connectivity index is 1.35. The predicted molar refractivity (Wildman–Crippen MR) is 120 cm³/mol. The standard InChI is InChI=1S/C23H25N3O4S/c1-30-19-10-8-17(9-11-19)5-2-3-7-21(27)25-13-14-26-22(28)20(31-23(26)29)15-18-6-4-12-24-16-18/h4,6,8-12,15-16H,2-3,5,7,13-14H2,1H3,(H,25,27)/b20-15+. The Kier molecular flexibility index (Phi) is 8.23. The number of nitrogens with one attached hydrogen (secondary N) is 1. The van der Waals surface area contributed by atoms with E-state index in [0.717, 1.165) is 47.2 Å². The minimum absolute atomic E-state index is 0.0763. The van der Waals surface area contributed by atoms with Gasteiger partial charge in [0.25, 0.3) is 11.1 Å². The Morgan fingerprint density at radius 1 is 1.19 bits per heavy atom. The molecule has 0 atom stereocenters. The number of nitrogens with zero attached hydrogens (tertiary/aromatic N) is 2. The van der Waals surface area contributed by atoms with Crippen LogP contribution in [0.4, 0.5) is 4.79 Å². The molecule has 1 N–H and O–H groups in total. The third-order valence-electron chi connectivity index (χ3n) is 4.79. The number of amides is 3. The van der Waals surface area contributed by atoms with Gasteiger partial charge in [-0.05, 0) is 66.4 Å². The maximum atomic E-state index is 12.5. The molecule has 1 saturated heterocycles. The maximum Gasteiger partial charge on any atom is 0.293 e. The molecule has 0 saturated carbocycles. The summed E-state index contributed by atoms with van der Waals surface area (Å²) in [5.74, 6) is 0.413. The van der Waals surface area contributed by atoms with Gasteiger partial charge in [0, 0.05) is 31.9 Å². The Labute approximate surface area is 185 Å². The molecule has 2 heterocycles. The number of unbranched alkanes of at least 4 members (excludes halogenated alkanes) is 1. The summed E-state index contributed by atoms with van der Waals surface area (Å²) in [5, 5.41) is 2.46. The van der Waals surface area contributed by atoms with E-state index >= 15 is 0 Å². The van der Waals surface area contributed by atoms with Crippen LogP contribution in [0.1, 0.15) is 30.4 Å². The van der Waals surface area contributed by atoms with Gasteiger partial charge in [-0.1, -0.05) is 18.2 Å². The van der Waals surface area contributed by atoms with Crippen molar-refractivity contribution in [1.82, 2.24) is 15.2 Å². The van der Waals surface area contributed by atoms with Gasteiger partial charge in [-0.25, -0.2) is 0 Å². The van der Waals surface area contributed by atoms with Crippen molar-refractivity contribution in [3.8, 4) is 5.75 Å². The van der Waals surface area contributed by atoms with E-state index in [9.17, 15) is 14.4 Å². The third kappa shape index (κ3) is 6.68. The zero-order valence-electron chi connectivity index (χ0n) is 17.4. The molecule has 0 radical (unpaired) electrons. The molecule has 0 unspecified atom stereocenters. The molecule has 8 heteroatoms. The zero-order chi connectivity index (χ0) is 22.1. The number of rotatable bonds is 10. The fraction of sp³-hybridized carbons (Fsp3) is 0.304. The number of thioether (sulfide) groups is 1. The number of carbonyl (C=O) groups excluding carboxylic acids is 3. The minimum atomic E-state index is -0.340. The first-order valence-corrected chi connectivity index (χ1v) is 10.9. The van der Waals surface area contributed by atoms with Gasteiger partial charge in [0.05, 0.1) is 12.0 Å². The second-order valence-corrected chi connectivity index (χ2v) is 8.02. The Morgan fingerprint density at radius 3 is 2.71 bits per heavy atom. The van der Waals surface area contributed by atoms with Crippen LogP contribution in [0.3, 0.4) is 0 Å². The van der Waals surface area contributed by atoms with E-state index in [1.54, 1.807) is 31.6 Å². The Bertz CT molecular complexity index is 945. The van der Waals surface area contributed by atoms with Crippen molar-refractivity contribution < 1.29 is 19.1 Å². The number of hydrogen-bond acceptors (Lipinski definition) is 6. The second-order valence-electron chi connectivity index (χ2n) is 7.02. The number of hydrogen-bond donors (Lipinski definition) is 1. The quantitative estimate of drug-likeness (QED) is 0.449. The molecule has 1 fully saturated rings. The number of aryl methyl sites for hydroxylation is 1. The first kappa shape index (κ1) is 22.6. The topological polar surface area (TPSA) is 88.6 Å². The van der Waals surface area contributed by atoms with Gasteiger partial charge in [-0.3, -0.25) is 24.3 Å². The molecule has 1 aliphatic rings. The molecule has 0 aliphatic carbocycles. The van der Waals surface area contributed by atoms with Gasteiger partial charge in [0.1, 0.15) is 5.75 Å². The summed E-state index contributed by atoms with van der Waals surface area (Å²) in [5.41, 5.74) is 1.97. The largest absolute Gasteiger partial charge is 0.497 e. The number of aromatic nitrogens is 1. The van der Waals surface area contributed by atoms with Crippen LogP contribution in [0.5, 0.6) is 5.75 Å². The van der Waals surface area contributed by atoms with Gasteiger partial charge < -0.3 is 10.1 Å². The normalized spacial score (nSPS) is 14.9. The highest BCUT2D eigenvalue weighted by molar-refractivity contribution is 8.18. The van der Waals surface area contributed by atoms with Gasteiger partial charge in [0.2, 0.25) is 5.91 Å². The molecule has 1 aliphatic heterocycles. The van der Waals surface area contributed by atoms with E-state index in [1.807, 2.05) is 30.3 Å². The highest BCUT2D eigenvalue weighted by Crippen LogP contribution is 2.31. The maximum absolute atomic E-state index is 12.5. The van der Waals surface area contributed by atoms with Crippen LogP contribution < -0.4 is 10.1 Å². The molecule has 0 spiro atoms. The van der Waals surface area contributed by atoms with Crippen LogP contribution in [-0.2, 0) is 16.0 Å². The average Bonchev–Trinajstić information content (AvgIpc) is 3.05. The molecule has 1 aromatic heterocycles. The van der Waals surface area contributed by atoms with Crippen molar-refractivity contribution in [3.05, 3.63) is 64.8 Å². The first-order chi connectivity index (χ1) is 15.1. The molecule has 0 bridgehead atoms. The molecule has 3 amide bonds. The molecule has 1 aromatic carbocycles. The van der Waals surface area contributed by atoms with Crippen LogP contribution >= 0.6 is 11.8 Å². The van der Waals surface area contributed by atoms with E-state index in [2.05, 4.69) is 10.3 Å². The number of benzene rings is 1. The van der Waals surface area contributed by atoms with Crippen LogP contribution in [-0.4, -0.2) is 47.1 Å². The van der Waals surface area contributed by atoms with Crippen LogP contribution in [0.15, 0.2) is 53.7 Å². The highest BCUT2D eigenvalue weighted by Gasteiger charge is 2.34. The number of pyridine rings is 1. The summed E-state index contributed by atoms with van der Waals surface area (Å²) in [6.07, 6.45) is 7.92. The SMILES string of the molecule is COc1ccc(CCCCC(=O)NCCN2C(=O)S/C(=C/c3cccnc3)C2=O)cc1. The van der Waals surface area contributed by atoms with E-state index in [-0.39, 0.29) is 30.1 Å². The number of carbonyl (C=O) groups is 3. The summed E-state index contributed by atoms with van der Waals surface area (Å²) >= 11 is 0.903. The summed E-state index contributed by atoms with van der Waals surface area (Å²) in [7, 11) is 1.64. The van der Waals surface area contributed by atoms with Gasteiger partial charge >= 0.3 is 0 Å². The van der Waals surface area contributed by atoms with Crippen molar-refractivity contribution >= 4 is 34.9 Å². The minimum Gasteiger partial charge on any atom is -0.497 e. The van der Waals surface area contributed by atoms with Crippen LogP contribution in [0, 0.1) is 0 Å². The van der Waals surface area contributed by atoms with Crippen molar-refractivity contribution in [2.45, 2.75) is 25.7 Å². The third-order valence-corrected chi connectivity index (χ3v) is 5.70. The van der Waals surface area contributed by atoms with E-state index in [1.165, 1.54) is 5.56 Å². The summed E-state index contributed by atoms with van der Waals surface area (Å²) in [4.78, 5) is 42.2. The van der Waals surface area contributed by atoms with Gasteiger partial charge in [-0.15, -0.1) is 0 Å². The summed E-state index contributed by atoms with van der Waals surface area (Å²) in [6.45, 7) is 0.405. The Hall–Kier alpha value is -3.13. The van der Waals surface area contributed by atoms with Crippen molar-refractivity contribution in [1.29, 1.82) is 0 Å². The Morgan fingerprint density at radius 2 is 2.00 bits per heavy atom. The highest BCUT2D eigenvalue weighted by atomic mass is 32.2. The van der Waals surface area contributed by atoms with Gasteiger partial charge in [0.15, 0.2) is 0 Å². The molecule has 162 valence electrons. The molecule has 3 rings (SSSR count). The van der Waals surface area contributed by atoms with Gasteiger partial charge in [-0.2, -0.15) is 0 Å². The van der Waals surface area contributed by atoms with E-state index < -0.39 is 0 Å². The summed E-state index contributed by atoms with van der Waals surface area (Å²) in [6, 6.07) is 11.5. The fourth-order valence-electron chi connectivity index (χ4n) is 3.11. The number of ether oxygens (including phenoxy) is 1. The lowest BCUT2D eigenvalue weighted by Gasteiger charge is -2.13. The van der Waals surface area contributed by atoms with Crippen LogP contribution in [0.25, 0.3) is 6.08 Å². The lowest BCUT2D eigenvalue weighted by Crippen LogP contribution is -2.37. The fourth-order valence-corrected chi connectivity index (χ4v) is 3.97. The van der Waals surface area contributed by atoms with Crippen molar-refractivity contribution in [2.75, 3.05) is 20.2 Å². The molecule has 2 aromatic rings. The first-order valence-electron chi connectivity index (χ1n) is 10.1. The van der Waals surface area contributed by atoms with Crippen LogP contribution in [0.2, 0.25) is 0 Å². The monoisotopic (exact) mass is 439 g/mol. The number of imide groups is 1. The zero-order valence-corrected chi connectivity index (χ0v) is 18.2. The molecule has 31 heavy (non-hydrogen) atoms. The predicted octanol–water partition coefficient (Wildman–Crippen LogP) is 3.66. The number of methoxy groups -OCH3 is 1. The lowest BCUT2D eigenvalue weighted by atomic mass is 10.1. The van der Waals surface area contributed by atoms with E-state index in [0.29, 0.717) is 11.3 Å². The van der Waals surface area contributed by atoms with Crippen molar-refractivity contribution in [3.63, 3.8) is 0 Å². The molecule has 7 nitrogen and oxygen atoms in total. The lowest BCUT2D eigenvalue weighted by molar-refractivity contribution is -0.124. The molecular formula is C23H25N3O4S. The van der Waals surface area contributed by atoms with E-state index in [4.69, 9.17) is 4.74 Å². The second kappa shape index (κ2) is 11.3. The molecular weight excluding hydrogens is 414 g/mol.